The van der Waals surface area contributed by atoms with Crippen LogP contribution in [0.5, 0.6) is 0 Å². The van der Waals surface area contributed by atoms with Crippen LogP contribution in [0, 0.1) is 0 Å². The lowest BCUT2D eigenvalue weighted by molar-refractivity contribution is -0.124. The van der Waals surface area contributed by atoms with Crippen molar-refractivity contribution in [2.45, 2.75) is 13.0 Å². The fourth-order valence-corrected chi connectivity index (χ4v) is 1.03. The van der Waals surface area contributed by atoms with Gasteiger partial charge in [-0.25, -0.2) is 4.79 Å². The molecule has 7 heteroatoms. The number of hydrogen-bond donors (Lipinski definition) is 4. The van der Waals surface area contributed by atoms with Gasteiger partial charge >= 0.3 is 5.97 Å². The minimum Gasteiger partial charge on any atom is -0.476 e. The molecule has 1 heterocycles. The quantitative estimate of drug-likeness (QED) is 0.526. The van der Waals surface area contributed by atoms with Crippen LogP contribution < -0.4 is 5.32 Å². The summed E-state index contributed by atoms with van der Waals surface area (Å²) in [5.74, 6) is -1.67. The van der Waals surface area contributed by atoms with Crippen molar-refractivity contribution in [2.24, 2.45) is 0 Å². The molecule has 0 aliphatic rings. The third-order valence-electron chi connectivity index (χ3n) is 1.80. The Bertz CT molecular complexity index is 374. The first-order valence-corrected chi connectivity index (χ1v) is 4.23. The number of nitrogens with one attached hydrogen (secondary N) is 2. The number of carboxylic acid groups (broad SMARTS) is 1. The highest BCUT2D eigenvalue weighted by Gasteiger charge is 2.14. The van der Waals surface area contributed by atoms with Crippen molar-refractivity contribution < 1.29 is 19.8 Å². The maximum absolute atomic E-state index is 10.8. The Morgan fingerprint density at radius 3 is 2.80 bits per heavy atom. The van der Waals surface area contributed by atoms with Gasteiger partial charge in [-0.3, -0.25) is 9.89 Å². The van der Waals surface area contributed by atoms with Crippen LogP contribution >= 0.6 is 0 Å². The first-order chi connectivity index (χ1) is 7.04. The van der Waals surface area contributed by atoms with Crippen molar-refractivity contribution in [1.82, 2.24) is 15.5 Å². The predicted octanol–water partition coefficient (Wildman–Crippen LogP) is -0.723. The third kappa shape index (κ3) is 2.78. The summed E-state index contributed by atoms with van der Waals surface area (Å²) in [5, 5.41) is 25.6. The Balaban J connectivity index is 2.69. The van der Waals surface area contributed by atoms with Crippen LogP contribution in [0.4, 0.5) is 0 Å². The second-order valence-electron chi connectivity index (χ2n) is 2.96. The van der Waals surface area contributed by atoms with Crippen LogP contribution in [0.3, 0.4) is 0 Å². The van der Waals surface area contributed by atoms with Crippen molar-refractivity contribution in [3.8, 4) is 0 Å². The Morgan fingerprint density at radius 2 is 2.33 bits per heavy atom. The number of carbonyl (C=O) groups excluding carboxylic acids is 1. The van der Waals surface area contributed by atoms with Crippen LogP contribution in [-0.2, 0) is 4.79 Å². The van der Waals surface area contributed by atoms with Gasteiger partial charge < -0.3 is 15.5 Å². The summed E-state index contributed by atoms with van der Waals surface area (Å²) < 4.78 is 0. The summed E-state index contributed by atoms with van der Waals surface area (Å²) >= 11 is 0. The summed E-state index contributed by atoms with van der Waals surface area (Å²) in [6, 6.07) is 0.898. The van der Waals surface area contributed by atoms with E-state index in [-0.39, 0.29) is 5.69 Å². The maximum Gasteiger partial charge on any atom is 0.356 e. The minimum atomic E-state index is -1.14. The highest BCUT2D eigenvalue weighted by molar-refractivity contribution is 5.85. The molecule has 0 spiro atoms. The molecule has 0 aromatic carbocycles. The zero-order valence-corrected chi connectivity index (χ0v) is 8.02. The average Bonchev–Trinajstić information content (AvgIpc) is 2.66. The number of amides is 1. The van der Waals surface area contributed by atoms with Gasteiger partial charge in [-0.15, -0.1) is 0 Å². The number of aromatic nitrogens is 2. The molecule has 7 nitrogen and oxygen atoms in total. The van der Waals surface area contributed by atoms with E-state index < -0.39 is 24.5 Å². The topological polar surface area (TPSA) is 115 Å². The number of aromatic carboxylic acids is 1. The van der Waals surface area contributed by atoms with Gasteiger partial charge in [0.05, 0.1) is 11.7 Å². The monoisotopic (exact) mass is 213 g/mol. The maximum atomic E-state index is 10.8. The largest absolute Gasteiger partial charge is 0.476 e. The standard InChI is InChI=1S/C8H11N3O4/c1-4(9-7(13)3-12)5-2-6(8(14)15)11-10-5/h2,4,12H,3H2,1H3,(H,9,13)(H,10,11)(H,14,15). The van der Waals surface area contributed by atoms with Gasteiger partial charge in [-0.2, -0.15) is 5.10 Å². The lowest BCUT2D eigenvalue weighted by atomic mass is 10.2. The van der Waals surface area contributed by atoms with Gasteiger partial charge in [0.25, 0.3) is 0 Å². The summed E-state index contributed by atoms with van der Waals surface area (Å²) in [6.07, 6.45) is 0. The number of aliphatic hydroxyl groups is 1. The van der Waals surface area contributed by atoms with E-state index in [1.807, 2.05) is 0 Å². The molecule has 0 bridgehead atoms. The molecule has 0 radical (unpaired) electrons. The van der Waals surface area contributed by atoms with E-state index in [1.165, 1.54) is 6.07 Å². The Morgan fingerprint density at radius 1 is 1.67 bits per heavy atom. The number of carbonyl (C=O) groups is 2. The molecule has 1 aromatic heterocycles. The zero-order valence-electron chi connectivity index (χ0n) is 8.02. The summed E-state index contributed by atoms with van der Waals surface area (Å²) in [7, 11) is 0. The SMILES string of the molecule is CC(NC(=O)CO)c1cc(C(=O)O)n[nH]1. The fraction of sp³-hybridized carbons (Fsp3) is 0.375. The van der Waals surface area contributed by atoms with Crippen molar-refractivity contribution in [3.05, 3.63) is 17.5 Å². The number of H-pyrrole nitrogens is 1. The molecule has 0 saturated heterocycles. The van der Waals surface area contributed by atoms with Gasteiger partial charge in [-0.1, -0.05) is 0 Å². The second kappa shape index (κ2) is 4.56. The predicted molar refractivity (Wildman–Crippen MR) is 49.2 cm³/mol. The lowest BCUT2D eigenvalue weighted by Gasteiger charge is -2.09. The molecular formula is C8H11N3O4. The van der Waals surface area contributed by atoms with E-state index in [4.69, 9.17) is 10.2 Å². The second-order valence-corrected chi connectivity index (χ2v) is 2.96. The van der Waals surface area contributed by atoms with Crippen LogP contribution in [0.15, 0.2) is 6.07 Å². The molecule has 0 aliphatic carbocycles. The van der Waals surface area contributed by atoms with Crippen molar-refractivity contribution in [1.29, 1.82) is 0 Å². The van der Waals surface area contributed by atoms with E-state index in [0.29, 0.717) is 5.69 Å². The Labute approximate surface area is 85.1 Å². The Kier molecular flexibility index (Phi) is 3.40. The molecule has 82 valence electrons. The van der Waals surface area contributed by atoms with Crippen LogP contribution in [0.1, 0.15) is 29.1 Å². The summed E-state index contributed by atoms with van der Waals surface area (Å²) in [4.78, 5) is 21.3. The number of carboxylic acids is 1. The van der Waals surface area contributed by atoms with Crippen molar-refractivity contribution in [2.75, 3.05) is 6.61 Å². The van der Waals surface area contributed by atoms with E-state index in [9.17, 15) is 9.59 Å². The fourth-order valence-electron chi connectivity index (χ4n) is 1.03. The molecule has 15 heavy (non-hydrogen) atoms. The van der Waals surface area contributed by atoms with E-state index in [0.717, 1.165) is 0 Å². The van der Waals surface area contributed by atoms with E-state index >= 15 is 0 Å². The van der Waals surface area contributed by atoms with Gasteiger partial charge in [0.15, 0.2) is 5.69 Å². The number of nitrogens with zero attached hydrogens (tertiary/aromatic N) is 1. The Hall–Kier alpha value is -1.89. The molecule has 1 unspecified atom stereocenters. The molecule has 0 aliphatic heterocycles. The van der Waals surface area contributed by atoms with E-state index in [2.05, 4.69) is 15.5 Å². The number of hydrogen-bond acceptors (Lipinski definition) is 4. The van der Waals surface area contributed by atoms with Crippen LogP contribution in [-0.4, -0.2) is 38.9 Å². The molecule has 1 rings (SSSR count). The summed E-state index contributed by atoms with van der Waals surface area (Å²) in [6.45, 7) is 1.04. The van der Waals surface area contributed by atoms with Gasteiger partial charge in [-0.05, 0) is 13.0 Å². The van der Waals surface area contributed by atoms with Gasteiger partial charge in [0, 0.05) is 0 Å². The van der Waals surface area contributed by atoms with E-state index in [1.54, 1.807) is 6.92 Å². The zero-order chi connectivity index (χ0) is 11.4. The average molecular weight is 213 g/mol. The molecule has 0 saturated carbocycles. The van der Waals surface area contributed by atoms with Gasteiger partial charge in [0.2, 0.25) is 5.91 Å². The smallest absolute Gasteiger partial charge is 0.356 e. The highest BCUT2D eigenvalue weighted by Crippen LogP contribution is 2.10. The first kappa shape index (κ1) is 11.2. The highest BCUT2D eigenvalue weighted by atomic mass is 16.4. The third-order valence-corrected chi connectivity index (χ3v) is 1.80. The number of aromatic amines is 1. The minimum absolute atomic E-state index is 0.116. The molecular weight excluding hydrogens is 202 g/mol. The van der Waals surface area contributed by atoms with Crippen molar-refractivity contribution >= 4 is 11.9 Å². The number of rotatable bonds is 4. The van der Waals surface area contributed by atoms with Gasteiger partial charge in [0.1, 0.15) is 6.61 Å². The number of aliphatic hydroxyl groups excluding tert-OH is 1. The molecule has 1 amide bonds. The van der Waals surface area contributed by atoms with Crippen LogP contribution in [0.25, 0.3) is 0 Å². The normalized spacial score (nSPS) is 12.1. The molecule has 1 aromatic rings. The first-order valence-electron chi connectivity index (χ1n) is 4.23. The molecule has 0 fully saturated rings. The van der Waals surface area contributed by atoms with Crippen LogP contribution in [0.2, 0.25) is 0 Å². The summed E-state index contributed by atoms with van der Waals surface area (Å²) in [5.41, 5.74) is 0.351. The molecule has 4 N–H and O–H groups in total. The lowest BCUT2D eigenvalue weighted by Crippen LogP contribution is -2.29. The van der Waals surface area contributed by atoms with Crippen molar-refractivity contribution in [3.63, 3.8) is 0 Å². The molecule has 1 atom stereocenters.